The highest BCUT2D eigenvalue weighted by molar-refractivity contribution is 8.87. The molecule has 11 heteroatoms. The van der Waals surface area contributed by atoms with Crippen molar-refractivity contribution < 1.29 is 30.5 Å². The molecule has 1 atom stereocenters. The van der Waals surface area contributed by atoms with Gasteiger partial charge in [0.15, 0.2) is 22.5 Å². The molecule has 0 radical (unpaired) electrons. The van der Waals surface area contributed by atoms with Gasteiger partial charge in [0.2, 0.25) is 0 Å². The molecule has 1 aromatic heterocycles. The fourth-order valence-electron chi connectivity index (χ4n) is 1.54. The van der Waals surface area contributed by atoms with Crippen molar-refractivity contribution in [3.05, 3.63) is 54.4 Å². The van der Waals surface area contributed by atoms with E-state index in [1.807, 2.05) is 22.8 Å². The van der Waals surface area contributed by atoms with Gasteiger partial charge in [0.1, 0.15) is 0 Å². The first-order chi connectivity index (χ1) is 11.1. The number of aromatic nitrogens is 1. The first-order valence-corrected chi connectivity index (χ1v) is 11.9. The number of hydrogen-bond acceptors (Lipinski definition) is 5. The summed E-state index contributed by atoms with van der Waals surface area (Å²) in [6.07, 6.45) is 4.31. The monoisotopic (exact) mass is 413 g/mol. The van der Waals surface area contributed by atoms with Gasteiger partial charge in [-0.1, -0.05) is 12.1 Å². The Balaban J connectivity index is 0.000000224. The maximum atomic E-state index is 10.7. The van der Waals surface area contributed by atoms with Crippen LogP contribution in [0.5, 0.6) is 0 Å². The van der Waals surface area contributed by atoms with Crippen LogP contribution < -0.4 is 4.34 Å². The zero-order valence-corrected chi connectivity index (χ0v) is 15.4. The van der Waals surface area contributed by atoms with E-state index >= 15 is 0 Å². The lowest BCUT2D eigenvalue weighted by Gasteiger charge is -2.08. The predicted molar refractivity (Wildman–Crippen MR) is 87.6 cm³/mol. The van der Waals surface area contributed by atoms with Crippen molar-refractivity contribution in [1.82, 2.24) is 0 Å². The minimum Gasteiger partial charge on any atom is -0.741 e. The van der Waals surface area contributed by atoms with E-state index in [1.165, 1.54) is 15.4 Å². The lowest BCUT2D eigenvalue weighted by atomic mass is 10.2. The SMILES string of the molecule is Cc1ccc2c(c1)SP([n+]1ccccc1)S2.O=S(=O)([O-])C(F)(F)F. The lowest BCUT2D eigenvalue weighted by Crippen LogP contribution is -2.22. The third kappa shape index (κ3) is 5.10. The topological polar surface area (TPSA) is 61.1 Å². The van der Waals surface area contributed by atoms with Gasteiger partial charge in [-0.05, 0) is 47.4 Å². The van der Waals surface area contributed by atoms with E-state index in [2.05, 4.69) is 60.1 Å². The summed E-state index contributed by atoms with van der Waals surface area (Å²) in [5.41, 5.74) is -4.30. The second-order valence-corrected chi connectivity index (χ2v) is 11.9. The van der Waals surface area contributed by atoms with Crippen molar-refractivity contribution >= 4 is 39.4 Å². The molecule has 0 amide bonds. The van der Waals surface area contributed by atoms with Gasteiger partial charge in [-0.15, -0.1) is 0 Å². The van der Waals surface area contributed by atoms with Crippen molar-refractivity contribution in [2.45, 2.75) is 22.2 Å². The van der Waals surface area contributed by atoms with Crippen LogP contribution in [-0.4, -0.2) is 18.5 Å². The first-order valence-electron chi connectivity index (χ1n) is 6.33. The molecule has 0 saturated heterocycles. The van der Waals surface area contributed by atoms with Gasteiger partial charge < -0.3 is 4.55 Å². The number of benzene rings is 1. The third-order valence-electron chi connectivity index (χ3n) is 2.62. The molecule has 3 rings (SSSR count). The highest BCUT2D eigenvalue weighted by Gasteiger charge is 2.37. The highest BCUT2D eigenvalue weighted by atomic mass is 33.1. The smallest absolute Gasteiger partial charge is 0.485 e. The second kappa shape index (κ2) is 7.61. The van der Waals surface area contributed by atoms with Gasteiger partial charge in [0.25, 0.3) is 0 Å². The van der Waals surface area contributed by atoms with Gasteiger partial charge in [-0.2, -0.15) is 17.5 Å². The largest absolute Gasteiger partial charge is 0.741 e. The summed E-state index contributed by atoms with van der Waals surface area (Å²) in [5, 5.41) is 0. The molecule has 24 heavy (non-hydrogen) atoms. The van der Waals surface area contributed by atoms with E-state index in [9.17, 15) is 13.2 Å². The molecular weight excluding hydrogens is 402 g/mol. The third-order valence-corrected chi connectivity index (χ3v) is 9.95. The van der Waals surface area contributed by atoms with Crippen molar-refractivity contribution in [1.29, 1.82) is 0 Å². The van der Waals surface area contributed by atoms with E-state index in [-0.39, 0.29) is 6.48 Å². The van der Waals surface area contributed by atoms with Crippen LogP contribution in [0.4, 0.5) is 13.2 Å². The summed E-state index contributed by atoms with van der Waals surface area (Å²) < 4.78 is 61.2. The molecule has 1 unspecified atom stereocenters. The van der Waals surface area contributed by atoms with Gasteiger partial charge in [0, 0.05) is 21.9 Å². The van der Waals surface area contributed by atoms with Gasteiger partial charge in [-0.25, -0.2) is 8.42 Å². The molecule has 0 spiro atoms. The minimum absolute atomic E-state index is 0.229. The zero-order valence-electron chi connectivity index (χ0n) is 12.1. The summed E-state index contributed by atoms with van der Waals surface area (Å²) in [6.45, 7) is 1.93. The first kappa shape index (κ1) is 19.5. The van der Waals surface area contributed by atoms with Crippen LogP contribution in [0.3, 0.4) is 0 Å². The summed E-state index contributed by atoms with van der Waals surface area (Å²) in [5.74, 6) is 0. The Morgan fingerprint density at radius 1 is 1.08 bits per heavy atom. The standard InChI is InChI=1S/C12H11NPS2.CHF3O3S/c1-10-5-6-11-12(9-10)16-14(15-11)13-7-3-2-4-8-13;2-1(3,4)8(5,6)7/h2-9H,1H3;(H,5,6,7)/q+1;/p-1. The zero-order chi connectivity index (χ0) is 18.0. The van der Waals surface area contributed by atoms with Gasteiger partial charge in [-0.3, -0.25) is 0 Å². The van der Waals surface area contributed by atoms with Crippen molar-refractivity contribution in [3.63, 3.8) is 0 Å². The highest BCUT2D eigenvalue weighted by Crippen LogP contribution is 2.70. The Morgan fingerprint density at radius 3 is 2.17 bits per heavy atom. The van der Waals surface area contributed by atoms with Crippen LogP contribution in [0.25, 0.3) is 0 Å². The number of aryl methyl sites for hydroxylation is 1. The average molecular weight is 413 g/mol. The molecule has 1 aromatic carbocycles. The molecule has 2 heterocycles. The molecule has 0 fully saturated rings. The normalized spacial score (nSPS) is 17.0. The maximum absolute atomic E-state index is 10.7. The molecule has 130 valence electrons. The Labute approximate surface area is 146 Å². The Kier molecular flexibility index (Phi) is 6.19. The van der Waals surface area contributed by atoms with Crippen LogP contribution in [0.2, 0.25) is 0 Å². The Hall–Kier alpha value is -0.800. The molecule has 0 bridgehead atoms. The molecular formula is C13H11F3NO3PS3. The number of alkyl halides is 3. The summed E-state index contributed by atoms with van der Waals surface area (Å²) >= 11 is 3.98. The number of fused-ring (bicyclic) bond motifs is 1. The number of nitrogens with zero attached hydrogens (tertiary/aromatic N) is 1. The number of pyridine rings is 1. The van der Waals surface area contributed by atoms with Crippen LogP contribution >= 0.6 is 29.2 Å². The van der Waals surface area contributed by atoms with E-state index < -0.39 is 15.6 Å². The molecule has 0 saturated carbocycles. The molecule has 0 N–H and O–H groups in total. The summed E-state index contributed by atoms with van der Waals surface area (Å²) in [4.78, 5) is 2.87. The molecule has 4 nitrogen and oxygen atoms in total. The number of halogens is 3. The van der Waals surface area contributed by atoms with E-state index in [1.54, 1.807) is 0 Å². The molecule has 1 aliphatic rings. The minimum atomic E-state index is -6.09. The molecule has 1 aliphatic heterocycles. The maximum Gasteiger partial charge on any atom is 0.485 e. The Bertz CT molecular complexity index is 816. The Morgan fingerprint density at radius 2 is 1.62 bits per heavy atom. The van der Waals surface area contributed by atoms with Crippen molar-refractivity contribution in [2.24, 2.45) is 0 Å². The fourth-order valence-corrected chi connectivity index (χ4v) is 8.82. The summed E-state index contributed by atoms with van der Waals surface area (Å²) in [7, 11) is -6.09. The van der Waals surface area contributed by atoms with Crippen LogP contribution in [0, 0.1) is 6.92 Å². The van der Waals surface area contributed by atoms with Gasteiger partial charge in [0.05, 0.1) is 0 Å². The van der Waals surface area contributed by atoms with Crippen LogP contribution in [0.15, 0.2) is 58.6 Å². The quantitative estimate of drug-likeness (QED) is 0.396. The van der Waals surface area contributed by atoms with E-state index in [4.69, 9.17) is 13.0 Å². The average Bonchev–Trinajstić information content (AvgIpc) is 2.90. The van der Waals surface area contributed by atoms with E-state index in [0.29, 0.717) is 0 Å². The van der Waals surface area contributed by atoms with Crippen LogP contribution in [-0.2, 0) is 10.1 Å². The second-order valence-electron chi connectivity index (χ2n) is 4.53. The molecule has 2 aromatic rings. The van der Waals surface area contributed by atoms with Crippen molar-refractivity contribution in [2.75, 3.05) is 0 Å². The fraction of sp³-hybridized carbons (Fsp3) is 0.154. The van der Waals surface area contributed by atoms with Gasteiger partial charge >= 0.3 is 12.0 Å². The molecule has 0 aliphatic carbocycles. The lowest BCUT2D eigenvalue weighted by molar-refractivity contribution is -0.503. The number of hydrogen-bond donors (Lipinski definition) is 0. The van der Waals surface area contributed by atoms with Crippen LogP contribution in [0.1, 0.15) is 5.56 Å². The number of rotatable bonds is 1. The van der Waals surface area contributed by atoms with Crippen molar-refractivity contribution in [3.8, 4) is 0 Å². The van der Waals surface area contributed by atoms with E-state index in [0.717, 1.165) is 0 Å². The summed E-state index contributed by atoms with van der Waals surface area (Å²) in [6, 6.07) is 13.0. The predicted octanol–water partition coefficient (Wildman–Crippen LogP) is 4.31.